The molecule has 1 fully saturated rings. The van der Waals surface area contributed by atoms with Crippen molar-refractivity contribution in [2.75, 3.05) is 0 Å². The van der Waals surface area contributed by atoms with Gasteiger partial charge in [0.1, 0.15) is 5.69 Å². The van der Waals surface area contributed by atoms with Crippen LogP contribution in [0.3, 0.4) is 0 Å². The molecule has 1 aromatic carbocycles. The van der Waals surface area contributed by atoms with Gasteiger partial charge in [0.05, 0.1) is 10.0 Å². The van der Waals surface area contributed by atoms with Crippen molar-refractivity contribution >= 4 is 34.8 Å². The summed E-state index contributed by atoms with van der Waals surface area (Å²) in [5, 5.41) is 15.5. The Morgan fingerprint density at radius 2 is 1.92 bits per heavy atom. The van der Waals surface area contributed by atoms with Gasteiger partial charge in [-0.1, -0.05) is 42.5 Å². The van der Waals surface area contributed by atoms with Gasteiger partial charge in [0.25, 0.3) is 5.91 Å². The van der Waals surface area contributed by atoms with Crippen molar-refractivity contribution in [2.24, 2.45) is 0 Å². The van der Waals surface area contributed by atoms with Crippen molar-refractivity contribution in [3.8, 4) is 11.4 Å². The van der Waals surface area contributed by atoms with Gasteiger partial charge in [-0.25, -0.2) is 4.52 Å². The number of hydrogen-bond donors (Lipinski definition) is 2. The fourth-order valence-corrected chi connectivity index (χ4v) is 3.82. The van der Waals surface area contributed by atoms with E-state index in [0.717, 1.165) is 31.2 Å². The second kappa shape index (κ2) is 6.59. The number of hydrogen-bond acceptors (Lipinski definition) is 3. The molecule has 1 saturated carbocycles. The number of carbonyl (C=O) groups excluding carboxylic acids is 1. The quantitative estimate of drug-likeness (QED) is 0.690. The Morgan fingerprint density at radius 3 is 2.65 bits per heavy atom. The highest BCUT2D eigenvalue weighted by Crippen LogP contribution is 2.29. The zero-order valence-electron chi connectivity index (χ0n) is 14.4. The van der Waals surface area contributed by atoms with Crippen LogP contribution in [0.4, 0.5) is 0 Å². The van der Waals surface area contributed by atoms with Crippen LogP contribution in [0.15, 0.2) is 24.3 Å². The minimum absolute atomic E-state index is 0.125. The predicted molar refractivity (Wildman–Crippen MR) is 102 cm³/mol. The molecule has 3 aromatic rings. The molecule has 8 heteroatoms. The monoisotopic (exact) mass is 391 g/mol. The van der Waals surface area contributed by atoms with Gasteiger partial charge < -0.3 is 5.32 Å². The van der Waals surface area contributed by atoms with Crippen LogP contribution in [0, 0.1) is 0 Å². The fraction of sp³-hybridized carbons (Fsp3) is 0.389. The molecular weight excluding hydrogens is 373 g/mol. The molecule has 2 heterocycles. The van der Waals surface area contributed by atoms with Crippen LogP contribution < -0.4 is 5.32 Å². The number of fused-ring (bicyclic) bond motifs is 1. The molecular formula is C18H19Cl2N5O. The summed E-state index contributed by atoms with van der Waals surface area (Å²) in [6.07, 6.45) is 5.55. The van der Waals surface area contributed by atoms with Gasteiger partial charge in [-0.2, -0.15) is 0 Å². The smallest absolute Gasteiger partial charge is 0.269 e. The van der Waals surface area contributed by atoms with E-state index in [1.165, 1.54) is 6.42 Å². The minimum Gasteiger partial charge on any atom is -0.346 e. The maximum atomic E-state index is 12.7. The molecule has 2 aromatic heterocycles. The van der Waals surface area contributed by atoms with Crippen LogP contribution in [-0.2, 0) is 0 Å². The van der Waals surface area contributed by atoms with E-state index in [0.29, 0.717) is 27.2 Å². The Balaban J connectivity index is 1.63. The van der Waals surface area contributed by atoms with Gasteiger partial charge in [0.2, 0.25) is 0 Å². The number of benzene rings is 1. The molecule has 0 unspecified atom stereocenters. The summed E-state index contributed by atoms with van der Waals surface area (Å²) in [5.41, 5.74) is 1.65. The van der Waals surface area contributed by atoms with Crippen molar-refractivity contribution in [1.29, 1.82) is 0 Å². The SMILES string of the molecule is CC1(NC(=O)c2cc3nnc(-c4ccc(Cl)c(Cl)c4)n3[nH]2)CCCCC1. The number of rotatable bonds is 3. The van der Waals surface area contributed by atoms with Gasteiger partial charge in [-0.05, 0) is 38.0 Å². The van der Waals surface area contributed by atoms with Crippen LogP contribution in [0.25, 0.3) is 17.0 Å². The number of nitrogens with one attached hydrogen (secondary N) is 2. The molecule has 26 heavy (non-hydrogen) atoms. The first kappa shape index (κ1) is 17.4. The summed E-state index contributed by atoms with van der Waals surface area (Å²) >= 11 is 12.1. The first-order valence-corrected chi connectivity index (χ1v) is 9.43. The lowest BCUT2D eigenvalue weighted by Gasteiger charge is -2.34. The van der Waals surface area contributed by atoms with Crippen molar-refractivity contribution in [1.82, 2.24) is 25.1 Å². The van der Waals surface area contributed by atoms with Crippen LogP contribution in [-0.4, -0.2) is 31.3 Å². The molecule has 0 radical (unpaired) electrons. The maximum absolute atomic E-state index is 12.7. The summed E-state index contributed by atoms with van der Waals surface area (Å²) in [7, 11) is 0. The average Bonchev–Trinajstić information content (AvgIpc) is 3.18. The average molecular weight is 392 g/mol. The van der Waals surface area contributed by atoms with Crippen molar-refractivity contribution < 1.29 is 4.79 Å². The van der Waals surface area contributed by atoms with Gasteiger partial charge >= 0.3 is 0 Å². The molecule has 2 N–H and O–H groups in total. The summed E-state index contributed by atoms with van der Waals surface area (Å²) in [6.45, 7) is 2.11. The molecule has 1 amide bonds. The lowest BCUT2D eigenvalue weighted by atomic mass is 9.83. The lowest BCUT2D eigenvalue weighted by Crippen LogP contribution is -2.47. The largest absolute Gasteiger partial charge is 0.346 e. The molecule has 136 valence electrons. The van der Waals surface area contributed by atoms with E-state index >= 15 is 0 Å². The molecule has 0 aliphatic heterocycles. The number of aromatic amines is 1. The van der Waals surface area contributed by atoms with Crippen molar-refractivity contribution in [2.45, 2.75) is 44.6 Å². The Hall–Kier alpha value is -2.05. The lowest BCUT2D eigenvalue weighted by molar-refractivity contribution is 0.0877. The highest BCUT2D eigenvalue weighted by atomic mass is 35.5. The molecule has 0 bridgehead atoms. The molecule has 0 spiro atoms. The summed E-state index contributed by atoms with van der Waals surface area (Å²) in [5.74, 6) is 0.446. The first-order chi connectivity index (χ1) is 12.5. The molecule has 4 rings (SSSR count). The second-order valence-corrected chi connectivity index (χ2v) is 7.91. The Morgan fingerprint density at radius 1 is 1.15 bits per heavy atom. The third-order valence-corrected chi connectivity index (χ3v) is 5.73. The number of nitrogens with zero attached hydrogens (tertiary/aromatic N) is 3. The molecule has 0 saturated heterocycles. The van der Waals surface area contributed by atoms with E-state index < -0.39 is 0 Å². The number of aromatic nitrogens is 4. The van der Waals surface area contributed by atoms with E-state index in [2.05, 4.69) is 27.5 Å². The van der Waals surface area contributed by atoms with E-state index in [4.69, 9.17) is 23.2 Å². The molecule has 1 aliphatic carbocycles. The van der Waals surface area contributed by atoms with E-state index in [1.54, 1.807) is 22.7 Å². The zero-order chi connectivity index (χ0) is 18.3. The van der Waals surface area contributed by atoms with Gasteiger partial charge in [0, 0.05) is 17.2 Å². The van der Waals surface area contributed by atoms with Crippen molar-refractivity contribution in [3.05, 3.63) is 40.0 Å². The van der Waals surface area contributed by atoms with Crippen LogP contribution >= 0.6 is 23.2 Å². The van der Waals surface area contributed by atoms with E-state index in [-0.39, 0.29) is 11.4 Å². The van der Waals surface area contributed by atoms with Crippen LogP contribution in [0.2, 0.25) is 10.0 Å². The zero-order valence-corrected chi connectivity index (χ0v) is 15.9. The first-order valence-electron chi connectivity index (χ1n) is 8.67. The third kappa shape index (κ3) is 3.19. The Bertz CT molecular complexity index is 971. The predicted octanol–water partition coefficient (Wildman–Crippen LogP) is 4.48. The standard InChI is InChI=1S/C18H19Cl2N5O/c1-18(7-3-2-4-8-18)21-17(26)14-10-15-22-23-16(25(15)24-14)11-5-6-12(19)13(20)9-11/h5-6,9-10,24H,2-4,7-8H2,1H3,(H,21,26). The molecule has 1 aliphatic rings. The van der Waals surface area contributed by atoms with Gasteiger partial charge in [-0.15, -0.1) is 10.2 Å². The Labute approximate surface area is 160 Å². The van der Waals surface area contributed by atoms with Crippen LogP contribution in [0.1, 0.15) is 49.5 Å². The third-order valence-electron chi connectivity index (χ3n) is 4.99. The second-order valence-electron chi connectivity index (χ2n) is 7.09. The van der Waals surface area contributed by atoms with Crippen molar-refractivity contribution in [3.63, 3.8) is 0 Å². The topological polar surface area (TPSA) is 75.1 Å². The minimum atomic E-state index is -0.146. The highest BCUT2D eigenvalue weighted by Gasteiger charge is 2.29. The highest BCUT2D eigenvalue weighted by molar-refractivity contribution is 6.42. The normalized spacial score (nSPS) is 16.7. The van der Waals surface area contributed by atoms with E-state index in [9.17, 15) is 4.79 Å². The fourth-order valence-electron chi connectivity index (χ4n) is 3.52. The molecule has 6 nitrogen and oxygen atoms in total. The maximum Gasteiger partial charge on any atom is 0.269 e. The number of amides is 1. The number of carbonyl (C=O) groups is 1. The molecule has 0 atom stereocenters. The van der Waals surface area contributed by atoms with Gasteiger partial charge in [0.15, 0.2) is 11.5 Å². The van der Waals surface area contributed by atoms with Crippen LogP contribution in [0.5, 0.6) is 0 Å². The summed E-state index contributed by atoms with van der Waals surface area (Å²) in [4.78, 5) is 12.7. The number of halogens is 2. The Kier molecular flexibility index (Phi) is 4.40. The number of H-pyrrole nitrogens is 1. The van der Waals surface area contributed by atoms with Gasteiger partial charge in [-0.3, -0.25) is 9.89 Å². The van der Waals surface area contributed by atoms with E-state index in [1.807, 2.05) is 6.07 Å². The summed E-state index contributed by atoms with van der Waals surface area (Å²) < 4.78 is 1.68. The summed E-state index contributed by atoms with van der Waals surface area (Å²) in [6, 6.07) is 6.95.